The van der Waals surface area contributed by atoms with Crippen LogP contribution >= 0.6 is 43.5 Å². The van der Waals surface area contributed by atoms with Gasteiger partial charge in [0.2, 0.25) is 10.6 Å². The summed E-state index contributed by atoms with van der Waals surface area (Å²) in [4.78, 5) is 15.9. The molecule has 0 saturated heterocycles. The van der Waals surface area contributed by atoms with Crippen LogP contribution < -0.4 is 5.32 Å². The van der Waals surface area contributed by atoms with Crippen LogP contribution in [0.2, 0.25) is 5.02 Å². The monoisotopic (exact) mass is 406 g/mol. The van der Waals surface area contributed by atoms with Crippen molar-refractivity contribution in [2.45, 2.75) is 13.5 Å². The van der Waals surface area contributed by atoms with Crippen molar-refractivity contribution in [1.82, 2.24) is 14.8 Å². The molecule has 0 atom stereocenters. The molecule has 0 spiro atoms. The largest absolute Gasteiger partial charge is 0.324 e. The van der Waals surface area contributed by atoms with Crippen LogP contribution in [0.3, 0.4) is 0 Å². The summed E-state index contributed by atoms with van der Waals surface area (Å²) in [6, 6.07) is 5.36. The van der Waals surface area contributed by atoms with E-state index in [-0.39, 0.29) is 12.5 Å². The highest BCUT2D eigenvalue weighted by atomic mass is 79.9. The molecule has 0 fully saturated rings. The number of halogens is 3. The normalized spacial score (nSPS) is 10.5. The second-order valence-electron chi connectivity index (χ2n) is 3.77. The summed E-state index contributed by atoms with van der Waals surface area (Å²) < 4.78 is 2.35. The minimum Gasteiger partial charge on any atom is -0.324 e. The van der Waals surface area contributed by atoms with Crippen LogP contribution in [0.25, 0.3) is 0 Å². The summed E-state index contributed by atoms with van der Waals surface area (Å²) in [6.07, 6.45) is 0. The van der Waals surface area contributed by atoms with Crippen LogP contribution in [0.5, 0.6) is 0 Å². The maximum Gasteiger partial charge on any atom is 0.246 e. The zero-order valence-corrected chi connectivity index (χ0v) is 13.8. The Labute approximate surface area is 131 Å². The van der Waals surface area contributed by atoms with Crippen molar-refractivity contribution in [3.8, 4) is 0 Å². The lowest BCUT2D eigenvalue weighted by Gasteiger charge is -2.09. The van der Waals surface area contributed by atoms with Crippen LogP contribution in [0.1, 0.15) is 5.56 Å². The number of aromatic nitrogens is 3. The summed E-state index contributed by atoms with van der Waals surface area (Å²) in [5, 5.41) is 7.42. The third-order valence-electron chi connectivity index (χ3n) is 2.44. The molecular weight excluding hydrogens is 399 g/mol. The summed E-state index contributed by atoms with van der Waals surface area (Å²) in [6.45, 7) is 1.91. The Hall–Kier alpha value is -0.920. The van der Waals surface area contributed by atoms with Gasteiger partial charge >= 0.3 is 0 Å². The van der Waals surface area contributed by atoms with E-state index in [0.29, 0.717) is 20.2 Å². The number of nitrogens with one attached hydrogen (secondary N) is 1. The van der Waals surface area contributed by atoms with E-state index in [9.17, 15) is 4.79 Å². The van der Waals surface area contributed by atoms with Gasteiger partial charge in [-0.3, -0.25) is 4.79 Å². The molecule has 2 rings (SSSR count). The van der Waals surface area contributed by atoms with E-state index in [4.69, 9.17) is 11.6 Å². The molecule has 100 valence electrons. The molecule has 1 amide bonds. The van der Waals surface area contributed by atoms with Gasteiger partial charge in [-0.2, -0.15) is 4.98 Å². The van der Waals surface area contributed by atoms with Gasteiger partial charge in [-0.15, -0.1) is 5.10 Å². The summed E-state index contributed by atoms with van der Waals surface area (Å²) >= 11 is 12.3. The van der Waals surface area contributed by atoms with Gasteiger partial charge in [-0.1, -0.05) is 17.7 Å². The molecule has 1 N–H and O–H groups in total. The molecule has 0 saturated carbocycles. The smallest absolute Gasteiger partial charge is 0.246 e. The third kappa shape index (κ3) is 3.55. The lowest BCUT2D eigenvalue weighted by molar-refractivity contribution is -0.116. The van der Waals surface area contributed by atoms with Gasteiger partial charge in [0.05, 0.1) is 0 Å². The number of benzene rings is 1. The summed E-state index contributed by atoms with van der Waals surface area (Å²) in [5.41, 5.74) is 1.52. The Kier molecular flexibility index (Phi) is 4.59. The van der Waals surface area contributed by atoms with Gasteiger partial charge in [-0.05, 0) is 56.5 Å². The van der Waals surface area contributed by atoms with Crippen LogP contribution in [0, 0.1) is 6.92 Å². The van der Waals surface area contributed by atoms with E-state index in [0.717, 1.165) is 5.56 Å². The Bertz CT molecular complexity index is 629. The summed E-state index contributed by atoms with van der Waals surface area (Å²) in [5.74, 6) is -0.205. The topological polar surface area (TPSA) is 59.8 Å². The van der Waals surface area contributed by atoms with Crippen molar-refractivity contribution in [1.29, 1.82) is 0 Å². The molecule has 0 bridgehead atoms. The predicted octanol–water partition coefficient (Wildman–Crippen LogP) is 3.40. The van der Waals surface area contributed by atoms with Crippen LogP contribution in [0.4, 0.5) is 5.69 Å². The second-order valence-corrected chi connectivity index (χ2v) is 5.59. The molecule has 0 aliphatic carbocycles. The van der Waals surface area contributed by atoms with Crippen LogP contribution in [0.15, 0.2) is 27.7 Å². The first-order valence-corrected chi connectivity index (χ1v) is 7.24. The van der Waals surface area contributed by atoms with E-state index < -0.39 is 0 Å². The average Bonchev–Trinajstić information content (AvgIpc) is 2.64. The van der Waals surface area contributed by atoms with E-state index in [2.05, 4.69) is 47.3 Å². The average molecular weight is 408 g/mol. The molecule has 2 aromatic rings. The van der Waals surface area contributed by atoms with Gasteiger partial charge in [-0.25, -0.2) is 4.68 Å². The fourth-order valence-corrected chi connectivity index (χ4v) is 2.61. The number of hydrogen-bond acceptors (Lipinski definition) is 3. The van der Waals surface area contributed by atoms with Gasteiger partial charge < -0.3 is 5.32 Å². The van der Waals surface area contributed by atoms with Crippen molar-refractivity contribution >= 4 is 55.1 Å². The second kappa shape index (κ2) is 6.02. The number of hydrogen-bond donors (Lipinski definition) is 1. The van der Waals surface area contributed by atoms with E-state index in [1.54, 1.807) is 18.2 Å². The van der Waals surface area contributed by atoms with Crippen molar-refractivity contribution in [2.24, 2.45) is 0 Å². The zero-order chi connectivity index (χ0) is 14.0. The molecular formula is C11H9Br2ClN4O. The Balaban J connectivity index is 2.10. The number of rotatable bonds is 3. The first kappa shape index (κ1) is 14.5. The van der Waals surface area contributed by atoms with E-state index in [1.807, 2.05) is 6.92 Å². The van der Waals surface area contributed by atoms with Crippen molar-refractivity contribution in [2.75, 3.05) is 5.32 Å². The molecule has 1 heterocycles. The first-order chi connectivity index (χ1) is 8.97. The van der Waals surface area contributed by atoms with Gasteiger partial charge in [0, 0.05) is 10.7 Å². The number of amides is 1. The Morgan fingerprint density at radius 3 is 2.84 bits per heavy atom. The van der Waals surface area contributed by atoms with Crippen molar-refractivity contribution in [3.05, 3.63) is 38.3 Å². The molecule has 5 nitrogen and oxygen atoms in total. The molecule has 19 heavy (non-hydrogen) atoms. The van der Waals surface area contributed by atoms with Gasteiger partial charge in [0.15, 0.2) is 4.73 Å². The maximum atomic E-state index is 11.9. The maximum absolute atomic E-state index is 11.9. The minimum absolute atomic E-state index is 0.0607. The number of anilines is 1. The van der Waals surface area contributed by atoms with Crippen molar-refractivity contribution in [3.63, 3.8) is 0 Å². The molecule has 8 heteroatoms. The van der Waals surface area contributed by atoms with E-state index >= 15 is 0 Å². The standard InChI is InChI=1S/C11H9Br2ClN4O/c1-6-7(14)3-2-4-8(6)15-9(19)5-18-11(13)16-10(12)17-18/h2-4H,5H2,1H3,(H,15,19). The minimum atomic E-state index is -0.205. The quantitative estimate of drug-likeness (QED) is 0.847. The highest BCUT2D eigenvalue weighted by Gasteiger charge is 2.11. The lowest BCUT2D eigenvalue weighted by atomic mass is 10.2. The molecule has 0 aliphatic heterocycles. The Morgan fingerprint density at radius 2 is 2.21 bits per heavy atom. The number of nitrogens with zero attached hydrogens (tertiary/aromatic N) is 3. The van der Waals surface area contributed by atoms with Crippen LogP contribution in [-0.2, 0) is 11.3 Å². The van der Waals surface area contributed by atoms with E-state index in [1.165, 1.54) is 4.68 Å². The molecule has 0 unspecified atom stereocenters. The lowest BCUT2D eigenvalue weighted by Crippen LogP contribution is -2.20. The fraction of sp³-hybridized carbons (Fsp3) is 0.182. The third-order valence-corrected chi connectivity index (χ3v) is 3.77. The fourth-order valence-electron chi connectivity index (χ4n) is 1.47. The first-order valence-electron chi connectivity index (χ1n) is 5.28. The zero-order valence-electron chi connectivity index (χ0n) is 9.82. The predicted molar refractivity (Wildman–Crippen MR) is 80.2 cm³/mol. The molecule has 0 radical (unpaired) electrons. The molecule has 1 aromatic heterocycles. The molecule has 0 aliphatic rings. The van der Waals surface area contributed by atoms with Crippen molar-refractivity contribution < 1.29 is 4.79 Å². The van der Waals surface area contributed by atoms with Gasteiger partial charge in [0.25, 0.3) is 0 Å². The Morgan fingerprint density at radius 1 is 1.47 bits per heavy atom. The summed E-state index contributed by atoms with van der Waals surface area (Å²) in [7, 11) is 0. The van der Waals surface area contributed by atoms with Crippen LogP contribution in [-0.4, -0.2) is 20.7 Å². The highest BCUT2D eigenvalue weighted by Crippen LogP contribution is 2.23. The molecule has 1 aromatic carbocycles. The number of carbonyl (C=O) groups is 1. The van der Waals surface area contributed by atoms with Gasteiger partial charge in [0.1, 0.15) is 6.54 Å². The highest BCUT2D eigenvalue weighted by molar-refractivity contribution is 9.11. The SMILES string of the molecule is Cc1c(Cl)cccc1NC(=O)Cn1nc(Br)nc1Br. The number of carbonyl (C=O) groups excluding carboxylic acids is 1.